The van der Waals surface area contributed by atoms with Crippen LogP contribution in [-0.2, 0) is 9.53 Å². The van der Waals surface area contributed by atoms with E-state index >= 15 is 0 Å². The van der Waals surface area contributed by atoms with Gasteiger partial charge in [-0.25, -0.2) is 9.79 Å². The Morgan fingerprint density at radius 3 is 2.65 bits per heavy atom. The van der Waals surface area contributed by atoms with Crippen LogP contribution in [0.5, 0.6) is 5.75 Å². The van der Waals surface area contributed by atoms with Crippen molar-refractivity contribution in [2.75, 3.05) is 13.7 Å². The Labute approximate surface area is 236 Å². The lowest BCUT2D eigenvalue weighted by Gasteiger charge is -2.24. The number of non-ortho nitro benzene ring substituents is 1. The number of furan rings is 1. The fourth-order valence-electron chi connectivity index (χ4n) is 4.41. The molecule has 1 atom stereocenters. The van der Waals surface area contributed by atoms with Gasteiger partial charge < -0.3 is 13.9 Å². The zero-order valence-corrected chi connectivity index (χ0v) is 23.1. The highest BCUT2D eigenvalue weighted by atomic mass is 35.5. The number of hydrogen-bond acceptors (Lipinski definition) is 9. The Morgan fingerprint density at radius 2 is 1.98 bits per heavy atom. The highest BCUT2D eigenvalue weighted by Crippen LogP contribution is 2.33. The second kappa shape index (κ2) is 10.9. The Kier molecular flexibility index (Phi) is 7.42. The third-order valence-electron chi connectivity index (χ3n) is 6.27. The molecule has 204 valence electrons. The summed E-state index contributed by atoms with van der Waals surface area (Å²) in [6.45, 7) is 3.59. The molecule has 2 aromatic heterocycles. The molecule has 0 saturated heterocycles. The third kappa shape index (κ3) is 4.96. The van der Waals surface area contributed by atoms with Gasteiger partial charge in [0.1, 0.15) is 17.3 Å². The van der Waals surface area contributed by atoms with Crippen molar-refractivity contribution in [1.82, 2.24) is 4.57 Å². The van der Waals surface area contributed by atoms with Gasteiger partial charge in [0.05, 0.1) is 45.5 Å². The maximum atomic E-state index is 13.8. The molecular formula is C28H22ClN3O7S. The van der Waals surface area contributed by atoms with E-state index in [1.54, 1.807) is 63.4 Å². The predicted octanol–water partition coefficient (Wildman–Crippen LogP) is 4.63. The summed E-state index contributed by atoms with van der Waals surface area (Å²) in [5.74, 6) is 0.727. The number of allylic oxidation sites excluding steroid dienone is 1. The van der Waals surface area contributed by atoms with E-state index in [-0.39, 0.29) is 28.4 Å². The molecular weight excluding hydrogens is 558 g/mol. The van der Waals surface area contributed by atoms with Gasteiger partial charge in [-0.1, -0.05) is 35.1 Å². The smallest absolute Gasteiger partial charge is 0.338 e. The van der Waals surface area contributed by atoms with Crippen molar-refractivity contribution in [3.63, 3.8) is 0 Å². The van der Waals surface area contributed by atoms with Crippen LogP contribution in [0.1, 0.15) is 31.2 Å². The van der Waals surface area contributed by atoms with E-state index in [1.165, 1.54) is 22.8 Å². The number of carbonyl (C=O) groups is 1. The Morgan fingerprint density at radius 1 is 1.23 bits per heavy atom. The number of methoxy groups -OCH3 is 1. The van der Waals surface area contributed by atoms with Crippen LogP contribution in [0.3, 0.4) is 0 Å². The summed E-state index contributed by atoms with van der Waals surface area (Å²) in [7, 11) is 1.55. The Balaban J connectivity index is 1.62. The van der Waals surface area contributed by atoms with E-state index in [9.17, 15) is 19.7 Å². The van der Waals surface area contributed by atoms with Crippen molar-refractivity contribution >= 4 is 40.7 Å². The van der Waals surface area contributed by atoms with Crippen LogP contribution in [0.25, 0.3) is 17.4 Å². The van der Waals surface area contributed by atoms with Crippen LogP contribution >= 0.6 is 22.9 Å². The standard InChI is InChI=1S/C28H22ClN3O7S/c1-4-38-27(34)24-15(2)30-28-31(25(24)16-5-8-18(37-3)9-6-16)26(33)23(40-28)14-19-10-12-22(39-19)20-13-17(32(35)36)7-11-21(20)29/h5-14,25H,4H2,1-3H3/b23-14-/t25-/m0/s1. The number of esters is 1. The molecule has 0 aliphatic carbocycles. The molecule has 0 N–H and O–H groups in total. The topological polar surface area (TPSA) is 126 Å². The number of halogens is 1. The average molecular weight is 580 g/mol. The highest BCUT2D eigenvalue weighted by Gasteiger charge is 2.33. The largest absolute Gasteiger partial charge is 0.497 e. The van der Waals surface area contributed by atoms with E-state index in [1.807, 2.05) is 0 Å². The zero-order chi connectivity index (χ0) is 28.6. The summed E-state index contributed by atoms with van der Waals surface area (Å²) < 4.78 is 18.3. The lowest BCUT2D eigenvalue weighted by Crippen LogP contribution is -2.39. The van der Waals surface area contributed by atoms with Crippen molar-refractivity contribution < 1.29 is 23.6 Å². The van der Waals surface area contributed by atoms with Crippen molar-refractivity contribution in [3.05, 3.63) is 112 Å². The minimum Gasteiger partial charge on any atom is -0.497 e. The molecule has 0 spiro atoms. The number of nitrogens with zero attached hydrogens (tertiary/aromatic N) is 3. The molecule has 0 unspecified atom stereocenters. The molecule has 12 heteroatoms. The van der Waals surface area contributed by atoms with Crippen LogP contribution in [-0.4, -0.2) is 29.2 Å². The number of ether oxygens (including phenoxy) is 2. The van der Waals surface area contributed by atoms with E-state index in [0.717, 1.165) is 11.3 Å². The number of hydrogen-bond donors (Lipinski definition) is 0. The summed E-state index contributed by atoms with van der Waals surface area (Å²) in [5, 5.41) is 11.5. The minimum absolute atomic E-state index is 0.128. The zero-order valence-electron chi connectivity index (χ0n) is 21.5. The maximum Gasteiger partial charge on any atom is 0.338 e. The van der Waals surface area contributed by atoms with Crippen LogP contribution in [0.4, 0.5) is 5.69 Å². The lowest BCUT2D eigenvalue weighted by molar-refractivity contribution is -0.384. The number of rotatable bonds is 7. The van der Waals surface area contributed by atoms with Gasteiger partial charge >= 0.3 is 5.97 Å². The van der Waals surface area contributed by atoms with Crippen LogP contribution in [0.15, 0.2) is 80.1 Å². The number of nitro benzene ring substituents is 1. The molecule has 10 nitrogen and oxygen atoms in total. The molecule has 0 bridgehead atoms. The average Bonchev–Trinajstić information content (AvgIpc) is 3.52. The van der Waals surface area contributed by atoms with Gasteiger partial charge in [0.25, 0.3) is 11.2 Å². The summed E-state index contributed by atoms with van der Waals surface area (Å²) in [4.78, 5) is 42.4. The first kappa shape index (κ1) is 27.1. The summed E-state index contributed by atoms with van der Waals surface area (Å²) >= 11 is 7.41. The van der Waals surface area contributed by atoms with Crippen LogP contribution in [0.2, 0.25) is 5.02 Å². The number of thiazole rings is 1. The second-order valence-corrected chi connectivity index (χ2v) is 10.1. The van der Waals surface area contributed by atoms with Gasteiger partial charge in [0.2, 0.25) is 0 Å². The fourth-order valence-corrected chi connectivity index (χ4v) is 5.65. The monoisotopic (exact) mass is 579 g/mol. The molecule has 0 saturated carbocycles. The molecule has 3 heterocycles. The normalized spacial score (nSPS) is 15.0. The molecule has 40 heavy (non-hydrogen) atoms. The van der Waals surface area contributed by atoms with Gasteiger partial charge in [0.15, 0.2) is 4.80 Å². The summed E-state index contributed by atoms with van der Waals surface area (Å²) in [5.41, 5.74) is 1.26. The van der Waals surface area contributed by atoms with Gasteiger partial charge in [-0.05, 0) is 49.7 Å². The number of nitro groups is 1. The molecule has 2 aromatic carbocycles. The first-order valence-corrected chi connectivity index (χ1v) is 13.3. The van der Waals surface area contributed by atoms with Gasteiger partial charge in [-0.15, -0.1) is 0 Å². The molecule has 5 rings (SSSR count). The van der Waals surface area contributed by atoms with Crippen LogP contribution in [0, 0.1) is 10.1 Å². The molecule has 0 amide bonds. The highest BCUT2D eigenvalue weighted by molar-refractivity contribution is 7.07. The SMILES string of the molecule is CCOC(=O)C1=C(C)N=c2s/c(=C\c3ccc(-c4cc([N+](=O)[O-])ccc4Cl)o3)c(=O)n2[C@H]1c1ccc(OC)cc1. The van der Waals surface area contributed by atoms with Gasteiger partial charge in [-0.2, -0.15) is 0 Å². The van der Waals surface area contributed by atoms with Crippen molar-refractivity contribution in [1.29, 1.82) is 0 Å². The second-order valence-electron chi connectivity index (χ2n) is 8.70. The molecule has 0 radical (unpaired) electrons. The van der Waals surface area contributed by atoms with Gasteiger partial charge in [-0.3, -0.25) is 19.5 Å². The van der Waals surface area contributed by atoms with Crippen molar-refractivity contribution in [3.8, 4) is 17.1 Å². The third-order valence-corrected chi connectivity index (χ3v) is 7.59. The summed E-state index contributed by atoms with van der Waals surface area (Å²) in [6, 6.07) is 13.7. The summed E-state index contributed by atoms with van der Waals surface area (Å²) in [6.07, 6.45) is 1.56. The first-order chi connectivity index (χ1) is 19.2. The molecule has 1 aliphatic heterocycles. The van der Waals surface area contributed by atoms with Gasteiger partial charge in [0, 0.05) is 23.8 Å². The predicted molar refractivity (Wildman–Crippen MR) is 149 cm³/mol. The van der Waals surface area contributed by atoms with Crippen molar-refractivity contribution in [2.24, 2.45) is 4.99 Å². The minimum atomic E-state index is -0.765. The lowest BCUT2D eigenvalue weighted by atomic mass is 9.96. The number of aromatic nitrogens is 1. The van der Waals surface area contributed by atoms with E-state index < -0.39 is 16.9 Å². The maximum absolute atomic E-state index is 13.8. The Hall–Kier alpha value is -4.48. The number of fused-ring (bicyclic) bond motifs is 1. The van der Waals surface area contributed by atoms with E-state index in [2.05, 4.69) is 4.99 Å². The Bertz CT molecular complexity index is 1850. The molecule has 4 aromatic rings. The molecule has 0 fully saturated rings. The first-order valence-electron chi connectivity index (χ1n) is 12.1. The van der Waals surface area contributed by atoms with E-state index in [0.29, 0.717) is 43.4 Å². The molecule has 1 aliphatic rings. The van der Waals surface area contributed by atoms with Crippen molar-refractivity contribution in [2.45, 2.75) is 19.9 Å². The van der Waals surface area contributed by atoms with Crippen LogP contribution < -0.4 is 19.6 Å². The number of carbonyl (C=O) groups excluding carboxylic acids is 1. The van der Waals surface area contributed by atoms with E-state index in [4.69, 9.17) is 25.5 Å². The fraction of sp³-hybridized carbons (Fsp3) is 0.179. The number of benzene rings is 2. The quantitative estimate of drug-likeness (QED) is 0.177.